The highest BCUT2D eigenvalue weighted by atomic mass is 31.1. The molecule has 0 aliphatic rings. The van der Waals surface area contributed by atoms with Crippen molar-refractivity contribution in [2.75, 3.05) is 12.8 Å². The van der Waals surface area contributed by atoms with E-state index in [0.717, 1.165) is 0 Å². The highest BCUT2D eigenvalue weighted by Crippen LogP contribution is 2.10. The van der Waals surface area contributed by atoms with Gasteiger partial charge in [-0.05, 0) is 6.92 Å². The van der Waals surface area contributed by atoms with Gasteiger partial charge in [-0.3, -0.25) is 4.57 Å². The maximum absolute atomic E-state index is 10.5. The number of carbonyl (C=O) groups excluding carboxylic acids is 1. The predicted molar refractivity (Wildman–Crippen MR) is 41.9 cm³/mol. The third-order valence-electron chi connectivity index (χ3n) is 0.863. The highest BCUT2D eigenvalue weighted by molar-refractivity contribution is 7.38. The number of allylic oxidation sites excluding steroid dienone is 1. The zero-order chi connectivity index (χ0) is 8.69. The van der Waals surface area contributed by atoms with Crippen molar-refractivity contribution in [3.8, 4) is 0 Å². The van der Waals surface area contributed by atoms with E-state index in [1.54, 1.807) is 13.0 Å². The van der Waals surface area contributed by atoms with Gasteiger partial charge in [-0.1, -0.05) is 6.08 Å². The summed E-state index contributed by atoms with van der Waals surface area (Å²) in [5, 5.41) is 0. The molecule has 0 heterocycles. The van der Waals surface area contributed by atoms with Crippen LogP contribution in [0.3, 0.4) is 0 Å². The van der Waals surface area contributed by atoms with Crippen LogP contribution in [-0.2, 0) is 14.1 Å². The van der Waals surface area contributed by atoms with E-state index < -0.39 is 14.0 Å². The van der Waals surface area contributed by atoms with Gasteiger partial charge in [0.05, 0.1) is 6.16 Å². The minimum absolute atomic E-state index is 0.0114. The Morgan fingerprint density at radius 2 is 2.36 bits per heavy atom. The second-order valence-corrected chi connectivity index (χ2v) is 3.10. The molecule has 0 saturated heterocycles. The number of rotatable bonds is 4. The van der Waals surface area contributed by atoms with Crippen LogP contribution in [0.1, 0.15) is 6.92 Å². The van der Waals surface area contributed by atoms with E-state index >= 15 is 0 Å². The standard InChI is InChI=1S/C6H11O4P/c1-2-3-6(7)10-4-5-11(8)9/h2-3,11H,4-5H2,1H3,(H,8,9). The number of hydrogen-bond acceptors (Lipinski definition) is 3. The molecule has 0 saturated carbocycles. The van der Waals surface area contributed by atoms with E-state index in [1.165, 1.54) is 6.08 Å². The van der Waals surface area contributed by atoms with Crippen molar-refractivity contribution in [3.63, 3.8) is 0 Å². The fourth-order valence-electron chi connectivity index (χ4n) is 0.423. The highest BCUT2D eigenvalue weighted by Gasteiger charge is 1.97. The van der Waals surface area contributed by atoms with Crippen molar-refractivity contribution in [1.29, 1.82) is 0 Å². The monoisotopic (exact) mass is 178 g/mol. The first kappa shape index (κ1) is 10.4. The largest absolute Gasteiger partial charge is 0.462 e. The molecule has 0 aliphatic heterocycles. The fraction of sp³-hybridized carbons (Fsp3) is 0.500. The van der Waals surface area contributed by atoms with Gasteiger partial charge in [0, 0.05) is 6.08 Å². The van der Waals surface area contributed by atoms with E-state index in [1.807, 2.05) is 0 Å². The minimum Gasteiger partial charge on any atom is -0.462 e. The Hall–Kier alpha value is -0.600. The molecule has 0 aliphatic carbocycles. The second-order valence-electron chi connectivity index (χ2n) is 1.81. The summed E-state index contributed by atoms with van der Waals surface area (Å²) in [7, 11) is -2.50. The molecule has 0 aromatic rings. The van der Waals surface area contributed by atoms with E-state index in [4.69, 9.17) is 4.89 Å². The predicted octanol–water partition coefficient (Wildman–Crippen LogP) is 0.573. The lowest BCUT2D eigenvalue weighted by atomic mass is 10.5. The van der Waals surface area contributed by atoms with E-state index in [0.29, 0.717) is 0 Å². The van der Waals surface area contributed by atoms with Crippen LogP contribution >= 0.6 is 8.03 Å². The summed E-state index contributed by atoms with van der Waals surface area (Å²) in [6, 6.07) is 0. The topological polar surface area (TPSA) is 63.6 Å². The SMILES string of the molecule is CC=CC(=O)OCC[PH](=O)O. The third kappa shape index (κ3) is 7.30. The first-order valence-electron chi connectivity index (χ1n) is 3.18. The number of carbonyl (C=O) groups is 1. The average molecular weight is 178 g/mol. The summed E-state index contributed by atoms with van der Waals surface area (Å²) >= 11 is 0. The minimum atomic E-state index is -2.50. The Morgan fingerprint density at radius 3 is 2.82 bits per heavy atom. The molecule has 64 valence electrons. The smallest absolute Gasteiger partial charge is 0.330 e. The number of esters is 1. The van der Waals surface area contributed by atoms with Gasteiger partial charge in [-0.15, -0.1) is 0 Å². The van der Waals surface area contributed by atoms with Gasteiger partial charge in [0.15, 0.2) is 8.03 Å². The zero-order valence-corrected chi connectivity index (χ0v) is 7.24. The van der Waals surface area contributed by atoms with E-state index in [9.17, 15) is 9.36 Å². The Balaban J connectivity index is 3.39. The zero-order valence-electron chi connectivity index (χ0n) is 6.24. The van der Waals surface area contributed by atoms with Crippen molar-refractivity contribution in [3.05, 3.63) is 12.2 Å². The van der Waals surface area contributed by atoms with Crippen LogP contribution in [0, 0.1) is 0 Å². The molecule has 4 nitrogen and oxygen atoms in total. The molecular formula is C6H11O4P. The molecule has 0 radical (unpaired) electrons. The molecule has 5 heteroatoms. The molecule has 1 unspecified atom stereocenters. The van der Waals surface area contributed by atoms with Crippen molar-refractivity contribution >= 4 is 14.0 Å². The molecule has 1 N–H and O–H groups in total. The van der Waals surface area contributed by atoms with Gasteiger partial charge >= 0.3 is 5.97 Å². The van der Waals surface area contributed by atoms with Crippen LogP contribution in [-0.4, -0.2) is 23.6 Å². The Bertz CT molecular complexity index is 175. The Labute approximate surface area is 65.7 Å². The van der Waals surface area contributed by atoms with Gasteiger partial charge in [0.1, 0.15) is 6.61 Å². The van der Waals surface area contributed by atoms with Crippen molar-refractivity contribution in [2.24, 2.45) is 0 Å². The lowest BCUT2D eigenvalue weighted by Gasteiger charge is -1.97. The summed E-state index contributed by atoms with van der Waals surface area (Å²) in [5.74, 6) is -0.476. The average Bonchev–Trinajstić information content (AvgIpc) is 1.87. The Morgan fingerprint density at radius 1 is 1.73 bits per heavy atom. The quantitative estimate of drug-likeness (QED) is 0.388. The molecule has 0 fully saturated rings. The summed E-state index contributed by atoms with van der Waals surface area (Å²) in [6.45, 7) is 1.70. The number of ether oxygens (including phenoxy) is 1. The van der Waals surface area contributed by atoms with Crippen molar-refractivity contribution in [1.82, 2.24) is 0 Å². The van der Waals surface area contributed by atoms with Crippen LogP contribution < -0.4 is 0 Å². The molecule has 0 aromatic heterocycles. The molecule has 0 aromatic carbocycles. The van der Waals surface area contributed by atoms with Crippen molar-refractivity contribution in [2.45, 2.75) is 6.92 Å². The Kier molecular flexibility index (Phi) is 5.80. The molecule has 0 spiro atoms. The molecule has 0 amide bonds. The van der Waals surface area contributed by atoms with Gasteiger partial charge in [-0.2, -0.15) is 0 Å². The second kappa shape index (κ2) is 6.13. The lowest BCUT2D eigenvalue weighted by molar-refractivity contribution is -0.137. The summed E-state index contributed by atoms with van der Waals surface area (Å²) < 4.78 is 14.6. The normalized spacial score (nSPS) is 13.3. The molecule has 1 atom stereocenters. The van der Waals surface area contributed by atoms with Crippen LogP contribution in [0.2, 0.25) is 0 Å². The van der Waals surface area contributed by atoms with Gasteiger partial charge in [-0.25, -0.2) is 4.79 Å². The molecule has 0 bridgehead atoms. The summed E-state index contributed by atoms with van der Waals surface area (Å²) in [6.07, 6.45) is 2.84. The van der Waals surface area contributed by atoms with Gasteiger partial charge in [0.2, 0.25) is 0 Å². The van der Waals surface area contributed by atoms with Crippen LogP contribution in [0.4, 0.5) is 0 Å². The van der Waals surface area contributed by atoms with Crippen LogP contribution in [0.25, 0.3) is 0 Å². The van der Waals surface area contributed by atoms with Crippen LogP contribution in [0.15, 0.2) is 12.2 Å². The molecular weight excluding hydrogens is 167 g/mol. The first-order chi connectivity index (χ1) is 5.16. The molecule has 11 heavy (non-hydrogen) atoms. The van der Waals surface area contributed by atoms with E-state index in [2.05, 4.69) is 4.74 Å². The summed E-state index contributed by atoms with van der Waals surface area (Å²) in [5.41, 5.74) is 0. The van der Waals surface area contributed by atoms with Crippen molar-refractivity contribution < 1.29 is 19.0 Å². The third-order valence-corrected chi connectivity index (χ3v) is 1.49. The van der Waals surface area contributed by atoms with Crippen LogP contribution in [0.5, 0.6) is 0 Å². The maximum Gasteiger partial charge on any atom is 0.330 e. The van der Waals surface area contributed by atoms with Gasteiger partial charge < -0.3 is 9.63 Å². The summed E-state index contributed by atoms with van der Waals surface area (Å²) in [4.78, 5) is 18.9. The van der Waals surface area contributed by atoms with Gasteiger partial charge in [0.25, 0.3) is 0 Å². The fourth-order valence-corrected chi connectivity index (χ4v) is 0.700. The first-order valence-corrected chi connectivity index (χ1v) is 4.74. The molecule has 0 rings (SSSR count). The van der Waals surface area contributed by atoms with E-state index in [-0.39, 0.29) is 12.8 Å². The lowest BCUT2D eigenvalue weighted by Crippen LogP contribution is -2.03. The maximum atomic E-state index is 10.5. The number of hydrogen-bond donors (Lipinski definition) is 1.